The third kappa shape index (κ3) is 4.28. The molecule has 0 aliphatic carbocycles. The van der Waals surface area contributed by atoms with Crippen LogP contribution in [0.3, 0.4) is 0 Å². The Morgan fingerprint density at radius 3 is 2.69 bits per heavy atom. The fraction of sp³-hybridized carbons (Fsp3) is 0.818. The van der Waals surface area contributed by atoms with Crippen molar-refractivity contribution in [2.75, 3.05) is 13.2 Å². The van der Waals surface area contributed by atoms with Crippen molar-refractivity contribution in [3.05, 3.63) is 11.9 Å². The van der Waals surface area contributed by atoms with E-state index in [1.54, 1.807) is 24.7 Å². The van der Waals surface area contributed by atoms with Crippen molar-refractivity contribution in [2.45, 2.75) is 39.8 Å². The Bertz CT molecular complexity index is 315. The third-order valence-corrected chi connectivity index (χ3v) is 2.08. The zero-order chi connectivity index (χ0) is 12.2. The molecule has 16 heavy (non-hydrogen) atoms. The summed E-state index contributed by atoms with van der Waals surface area (Å²) >= 11 is 0. The minimum Gasteiger partial charge on any atom is -0.384 e. The molecule has 0 saturated carbocycles. The van der Waals surface area contributed by atoms with E-state index in [9.17, 15) is 5.11 Å². The summed E-state index contributed by atoms with van der Waals surface area (Å²) in [6.45, 7) is 9.65. The Hall–Kier alpha value is -0.940. The fourth-order valence-electron chi connectivity index (χ4n) is 1.17. The van der Waals surface area contributed by atoms with Gasteiger partial charge in [0.25, 0.3) is 0 Å². The molecule has 1 aromatic heterocycles. The predicted molar refractivity (Wildman–Crippen MR) is 60.9 cm³/mol. The predicted octanol–water partition coefficient (Wildman–Crippen LogP) is 1.18. The van der Waals surface area contributed by atoms with Gasteiger partial charge in [-0.25, -0.2) is 4.68 Å². The highest BCUT2D eigenvalue weighted by Crippen LogP contribution is 2.15. The Balaban J connectivity index is 2.36. The second kappa shape index (κ2) is 5.41. The maximum absolute atomic E-state index is 9.70. The monoisotopic (exact) mass is 227 g/mol. The molecule has 0 unspecified atom stereocenters. The molecule has 92 valence electrons. The quantitative estimate of drug-likeness (QED) is 0.741. The van der Waals surface area contributed by atoms with E-state index >= 15 is 0 Å². The molecule has 1 rings (SSSR count). The molecule has 0 fully saturated rings. The first kappa shape index (κ1) is 13.1. The van der Waals surface area contributed by atoms with Crippen molar-refractivity contribution in [3.8, 4) is 0 Å². The van der Waals surface area contributed by atoms with E-state index < -0.39 is 5.60 Å². The van der Waals surface area contributed by atoms with E-state index in [2.05, 4.69) is 24.2 Å². The van der Waals surface area contributed by atoms with Crippen molar-refractivity contribution in [1.29, 1.82) is 0 Å². The number of aromatic nitrogens is 3. The van der Waals surface area contributed by atoms with Crippen LogP contribution in [0, 0.1) is 5.92 Å². The molecule has 0 saturated heterocycles. The molecule has 1 aromatic rings. The number of nitrogens with zero attached hydrogens (tertiary/aromatic N) is 3. The fourth-order valence-corrected chi connectivity index (χ4v) is 1.17. The summed E-state index contributed by atoms with van der Waals surface area (Å²) in [6.07, 6.45) is 1.75. The van der Waals surface area contributed by atoms with E-state index in [1.807, 2.05) is 0 Å². The smallest absolute Gasteiger partial charge is 0.114 e. The van der Waals surface area contributed by atoms with Crippen molar-refractivity contribution < 1.29 is 9.84 Å². The van der Waals surface area contributed by atoms with Gasteiger partial charge in [0.2, 0.25) is 0 Å². The van der Waals surface area contributed by atoms with Crippen molar-refractivity contribution >= 4 is 0 Å². The van der Waals surface area contributed by atoms with Crippen molar-refractivity contribution in [1.82, 2.24) is 15.0 Å². The van der Waals surface area contributed by atoms with Crippen LogP contribution in [0.2, 0.25) is 0 Å². The van der Waals surface area contributed by atoms with Gasteiger partial charge in [-0.2, -0.15) is 0 Å². The second-order valence-electron chi connectivity index (χ2n) is 4.89. The Morgan fingerprint density at radius 1 is 1.50 bits per heavy atom. The molecule has 0 aliphatic heterocycles. The van der Waals surface area contributed by atoms with Crippen LogP contribution in [0.15, 0.2) is 6.20 Å². The van der Waals surface area contributed by atoms with Gasteiger partial charge < -0.3 is 9.84 Å². The highest BCUT2D eigenvalue weighted by molar-refractivity contribution is 5.02. The molecule has 0 bridgehead atoms. The first-order chi connectivity index (χ1) is 7.39. The van der Waals surface area contributed by atoms with Crippen LogP contribution in [0.1, 0.15) is 33.4 Å². The average molecular weight is 227 g/mol. The van der Waals surface area contributed by atoms with E-state index in [-0.39, 0.29) is 0 Å². The maximum Gasteiger partial charge on any atom is 0.114 e. The summed E-state index contributed by atoms with van der Waals surface area (Å²) in [7, 11) is 0. The van der Waals surface area contributed by atoms with Crippen LogP contribution in [0.4, 0.5) is 0 Å². The Labute approximate surface area is 96.4 Å². The van der Waals surface area contributed by atoms with Crippen LogP contribution in [0.5, 0.6) is 0 Å². The average Bonchev–Trinajstić information content (AvgIpc) is 2.59. The molecular weight excluding hydrogens is 206 g/mol. The lowest BCUT2D eigenvalue weighted by Crippen LogP contribution is -2.16. The maximum atomic E-state index is 9.70. The first-order valence-corrected chi connectivity index (χ1v) is 5.60. The molecule has 0 spiro atoms. The van der Waals surface area contributed by atoms with Crippen molar-refractivity contribution in [3.63, 3.8) is 0 Å². The highest BCUT2D eigenvalue weighted by Gasteiger charge is 2.19. The molecule has 1 N–H and O–H groups in total. The summed E-state index contributed by atoms with van der Waals surface area (Å²) < 4.78 is 7.13. The Kier molecular flexibility index (Phi) is 4.44. The van der Waals surface area contributed by atoms with Crippen LogP contribution in [-0.2, 0) is 16.9 Å². The number of hydrogen-bond acceptors (Lipinski definition) is 4. The molecule has 0 radical (unpaired) electrons. The van der Waals surface area contributed by atoms with E-state index in [4.69, 9.17) is 4.74 Å². The second-order valence-corrected chi connectivity index (χ2v) is 4.89. The largest absolute Gasteiger partial charge is 0.384 e. The lowest BCUT2D eigenvalue weighted by Gasteiger charge is -2.11. The molecule has 5 nitrogen and oxygen atoms in total. The van der Waals surface area contributed by atoms with E-state index in [1.165, 1.54) is 0 Å². The minimum absolute atomic E-state index is 0.544. The zero-order valence-corrected chi connectivity index (χ0v) is 10.5. The van der Waals surface area contributed by atoms with Crippen LogP contribution in [-0.4, -0.2) is 33.3 Å². The van der Waals surface area contributed by atoms with Crippen molar-refractivity contribution in [2.24, 2.45) is 5.92 Å². The van der Waals surface area contributed by atoms with Gasteiger partial charge in [0, 0.05) is 6.61 Å². The summed E-state index contributed by atoms with van der Waals surface area (Å²) in [5, 5.41) is 17.5. The lowest BCUT2D eigenvalue weighted by atomic mass is 10.1. The molecule has 0 aliphatic rings. The van der Waals surface area contributed by atoms with Crippen LogP contribution < -0.4 is 0 Å². The Morgan fingerprint density at radius 2 is 2.19 bits per heavy atom. The summed E-state index contributed by atoms with van der Waals surface area (Å²) in [6, 6.07) is 0. The summed E-state index contributed by atoms with van der Waals surface area (Å²) in [4.78, 5) is 0. The number of ether oxygens (including phenoxy) is 1. The van der Waals surface area contributed by atoms with Gasteiger partial charge >= 0.3 is 0 Å². The standard InChI is InChI=1S/C11H21N3O2/c1-9(2)8-16-6-5-14-7-10(12-13-14)11(3,4)15/h7,9,15H,5-6,8H2,1-4H3. The van der Waals surface area contributed by atoms with Gasteiger partial charge in [-0.3, -0.25) is 0 Å². The topological polar surface area (TPSA) is 60.2 Å². The van der Waals surface area contributed by atoms with Gasteiger partial charge in [-0.05, 0) is 19.8 Å². The van der Waals surface area contributed by atoms with Gasteiger partial charge in [0.05, 0.1) is 19.3 Å². The number of aliphatic hydroxyl groups is 1. The van der Waals surface area contributed by atoms with Gasteiger partial charge in [0.15, 0.2) is 0 Å². The van der Waals surface area contributed by atoms with E-state index in [0.717, 1.165) is 6.61 Å². The molecule has 0 aromatic carbocycles. The molecule has 0 amide bonds. The zero-order valence-electron chi connectivity index (χ0n) is 10.5. The number of rotatable bonds is 6. The lowest BCUT2D eigenvalue weighted by molar-refractivity contribution is 0.0736. The van der Waals surface area contributed by atoms with Gasteiger partial charge in [0.1, 0.15) is 11.3 Å². The van der Waals surface area contributed by atoms with Gasteiger partial charge in [-0.15, -0.1) is 5.10 Å². The molecule has 0 atom stereocenters. The SMILES string of the molecule is CC(C)COCCn1cc(C(C)(C)O)nn1. The summed E-state index contributed by atoms with van der Waals surface area (Å²) in [5.41, 5.74) is -0.354. The van der Waals surface area contributed by atoms with Crippen LogP contribution in [0.25, 0.3) is 0 Å². The summed E-state index contributed by atoms with van der Waals surface area (Å²) in [5.74, 6) is 0.544. The molecule has 5 heteroatoms. The first-order valence-electron chi connectivity index (χ1n) is 5.60. The van der Waals surface area contributed by atoms with Gasteiger partial charge in [-0.1, -0.05) is 19.1 Å². The molecule has 1 heterocycles. The number of hydrogen-bond donors (Lipinski definition) is 1. The van der Waals surface area contributed by atoms with E-state index in [0.29, 0.717) is 24.8 Å². The van der Waals surface area contributed by atoms with Crippen LogP contribution >= 0.6 is 0 Å². The third-order valence-electron chi connectivity index (χ3n) is 2.08. The molecular formula is C11H21N3O2. The highest BCUT2D eigenvalue weighted by atomic mass is 16.5. The normalized spacial score (nSPS) is 12.4. The minimum atomic E-state index is -0.933.